The first-order valence-electron chi connectivity index (χ1n) is 6.54. The molecule has 2 N–H and O–H groups in total. The SMILES string of the molecule is CCn1nc(C)cc1COc1c(C)ccc(N)c1C. The summed E-state index contributed by atoms with van der Waals surface area (Å²) in [4.78, 5) is 0. The fourth-order valence-corrected chi connectivity index (χ4v) is 2.20. The maximum Gasteiger partial charge on any atom is 0.130 e. The Kier molecular flexibility index (Phi) is 3.79. The number of hydrogen-bond donors (Lipinski definition) is 1. The van der Waals surface area contributed by atoms with Crippen molar-refractivity contribution in [3.8, 4) is 5.75 Å². The molecule has 0 saturated carbocycles. The first-order chi connectivity index (χ1) is 9.02. The van der Waals surface area contributed by atoms with Crippen LogP contribution in [0.3, 0.4) is 0 Å². The Morgan fingerprint density at radius 3 is 2.68 bits per heavy atom. The molecule has 0 bridgehead atoms. The van der Waals surface area contributed by atoms with Crippen LogP contribution in [0, 0.1) is 20.8 Å². The molecule has 0 fully saturated rings. The zero-order chi connectivity index (χ0) is 14.0. The van der Waals surface area contributed by atoms with Gasteiger partial charge in [0.05, 0.1) is 11.4 Å². The van der Waals surface area contributed by atoms with E-state index in [-0.39, 0.29) is 0 Å². The average molecular weight is 259 g/mol. The molecule has 0 saturated heterocycles. The Balaban J connectivity index is 2.21. The molecule has 2 aromatic rings. The Hall–Kier alpha value is -1.97. The highest BCUT2D eigenvalue weighted by Crippen LogP contribution is 2.28. The summed E-state index contributed by atoms with van der Waals surface area (Å²) >= 11 is 0. The van der Waals surface area contributed by atoms with Gasteiger partial charge in [0.1, 0.15) is 12.4 Å². The molecular formula is C15H21N3O. The number of rotatable bonds is 4. The van der Waals surface area contributed by atoms with Crippen molar-refractivity contribution in [2.75, 3.05) is 5.73 Å². The lowest BCUT2D eigenvalue weighted by Crippen LogP contribution is -2.07. The summed E-state index contributed by atoms with van der Waals surface area (Å²) in [5.74, 6) is 0.876. The van der Waals surface area contributed by atoms with Crippen LogP contribution in [0.4, 0.5) is 5.69 Å². The summed E-state index contributed by atoms with van der Waals surface area (Å²) in [6.07, 6.45) is 0. The molecule has 0 unspecified atom stereocenters. The van der Waals surface area contributed by atoms with Gasteiger partial charge in [0.25, 0.3) is 0 Å². The van der Waals surface area contributed by atoms with Crippen LogP contribution in [0.15, 0.2) is 18.2 Å². The molecule has 0 amide bonds. The van der Waals surface area contributed by atoms with E-state index in [1.807, 2.05) is 37.6 Å². The van der Waals surface area contributed by atoms with E-state index >= 15 is 0 Å². The third kappa shape index (κ3) is 2.72. The Morgan fingerprint density at radius 2 is 2.00 bits per heavy atom. The van der Waals surface area contributed by atoms with Crippen molar-refractivity contribution in [1.82, 2.24) is 9.78 Å². The van der Waals surface area contributed by atoms with E-state index in [4.69, 9.17) is 10.5 Å². The Labute approximate surface area is 114 Å². The topological polar surface area (TPSA) is 53.1 Å². The molecule has 0 radical (unpaired) electrons. The summed E-state index contributed by atoms with van der Waals surface area (Å²) < 4.78 is 7.91. The molecule has 2 rings (SSSR count). The largest absolute Gasteiger partial charge is 0.487 e. The van der Waals surface area contributed by atoms with E-state index in [9.17, 15) is 0 Å². The molecule has 1 aromatic heterocycles. The van der Waals surface area contributed by atoms with Gasteiger partial charge in [-0.3, -0.25) is 4.68 Å². The number of hydrogen-bond acceptors (Lipinski definition) is 3. The second-order valence-electron chi connectivity index (χ2n) is 4.81. The lowest BCUT2D eigenvalue weighted by Gasteiger charge is -2.14. The van der Waals surface area contributed by atoms with Gasteiger partial charge < -0.3 is 10.5 Å². The third-order valence-electron chi connectivity index (χ3n) is 3.29. The van der Waals surface area contributed by atoms with Gasteiger partial charge in [0.2, 0.25) is 0 Å². The molecule has 4 heteroatoms. The van der Waals surface area contributed by atoms with Crippen molar-refractivity contribution < 1.29 is 4.74 Å². The molecule has 1 aromatic carbocycles. The minimum Gasteiger partial charge on any atom is -0.487 e. The van der Waals surface area contributed by atoms with Crippen LogP contribution < -0.4 is 10.5 Å². The van der Waals surface area contributed by atoms with Crippen molar-refractivity contribution >= 4 is 5.69 Å². The summed E-state index contributed by atoms with van der Waals surface area (Å²) in [6.45, 7) is 9.45. The van der Waals surface area contributed by atoms with Crippen LogP contribution in [0.25, 0.3) is 0 Å². The molecule has 102 valence electrons. The number of nitrogens with two attached hydrogens (primary N) is 1. The van der Waals surface area contributed by atoms with E-state index in [0.29, 0.717) is 6.61 Å². The Bertz CT molecular complexity index is 587. The maximum absolute atomic E-state index is 5.95. The van der Waals surface area contributed by atoms with Gasteiger partial charge >= 0.3 is 0 Å². The van der Waals surface area contributed by atoms with Crippen LogP contribution in [0.2, 0.25) is 0 Å². The third-order valence-corrected chi connectivity index (χ3v) is 3.29. The zero-order valence-corrected chi connectivity index (χ0v) is 12.0. The van der Waals surface area contributed by atoms with Crippen LogP contribution in [-0.4, -0.2) is 9.78 Å². The summed E-state index contributed by atoms with van der Waals surface area (Å²) in [5, 5.41) is 4.42. The van der Waals surface area contributed by atoms with E-state index in [0.717, 1.165) is 40.5 Å². The molecule has 0 spiro atoms. The van der Waals surface area contributed by atoms with Gasteiger partial charge in [-0.25, -0.2) is 0 Å². The van der Waals surface area contributed by atoms with Crippen LogP contribution >= 0.6 is 0 Å². The predicted molar refractivity (Wildman–Crippen MR) is 77.3 cm³/mol. The standard InChI is InChI=1S/C15H21N3O/c1-5-18-13(8-11(3)17-18)9-19-15-10(2)6-7-14(16)12(15)4/h6-8H,5,9,16H2,1-4H3. The molecule has 4 nitrogen and oxygen atoms in total. The number of anilines is 1. The first-order valence-corrected chi connectivity index (χ1v) is 6.54. The Morgan fingerprint density at radius 1 is 1.26 bits per heavy atom. The number of aryl methyl sites for hydroxylation is 3. The fraction of sp³-hybridized carbons (Fsp3) is 0.400. The van der Waals surface area contributed by atoms with Crippen molar-refractivity contribution in [3.63, 3.8) is 0 Å². The first kappa shape index (κ1) is 13.5. The average Bonchev–Trinajstić information content (AvgIpc) is 2.74. The summed E-state index contributed by atoms with van der Waals surface area (Å²) in [5.41, 5.74) is 10.9. The summed E-state index contributed by atoms with van der Waals surface area (Å²) in [7, 11) is 0. The van der Waals surface area contributed by atoms with Gasteiger partial charge in [-0.05, 0) is 45.4 Å². The maximum atomic E-state index is 5.95. The van der Waals surface area contributed by atoms with Crippen molar-refractivity contribution in [2.45, 2.75) is 40.8 Å². The zero-order valence-electron chi connectivity index (χ0n) is 12.0. The highest BCUT2D eigenvalue weighted by Gasteiger charge is 2.09. The van der Waals surface area contributed by atoms with Gasteiger partial charge in [0, 0.05) is 17.8 Å². The number of benzene rings is 1. The molecule has 0 aliphatic carbocycles. The van der Waals surface area contributed by atoms with Crippen molar-refractivity contribution in [3.05, 3.63) is 40.7 Å². The molecule has 0 aliphatic rings. The molecule has 19 heavy (non-hydrogen) atoms. The highest BCUT2D eigenvalue weighted by molar-refractivity contribution is 5.56. The van der Waals surface area contributed by atoms with E-state index < -0.39 is 0 Å². The number of nitrogen functional groups attached to an aromatic ring is 1. The normalized spacial score (nSPS) is 10.7. The van der Waals surface area contributed by atoms with Gasteiger partial charge in [-0.1, -0.05) is 6.07 Å². The van der Waals surface area contributed by atoms with Crippen molar-refractivity contribution in [2.24, 2.45) is 0 Å². The molecular weight excluding hydrogens is 238 g/mol. The monoisotopic (exact) mass is 259 g/mol. The predicted octanol–water partition coefficient (Wildman–Crippen LogP) is 2.99. The van der Waals surface area contributed by atoms with E-state index in [2.05, 4.69) is 18.1 Å². The van der Waals surface area contributed by atoms with Crippen LogP contribution in [0.1, 0.15) is 29.4 Å². The fourth-order valence-electron chi connectivity index (χ4n) is 2.20. The van der Waals surface area contributed by atoms with Crippen LogP contribution in [0.5, 0.6) is 5.75 Å². The molecule has 1 heterocycles. The lowest BCUT2D eigenvalue weighted by atomic mass is 10.1. The van der Waals surface area contributed by atoms with E-state index in [1.165, 1.54) is 0 Å². The molecule has 0 aliphatic heterocycles. The number of nitrogens with zero attached hydrogens (tertiary/aromatic N) is 2. The van der Waals surface area contributed by atoms with Gasteiger partial charge in [0.15, 0.2) is 0 Å². The minimum absolute atomic E-state index is 0.514. The number of aromatic nitrogens is 2. The lowest BCUT2D eigenvalue weighted by molar-refractivity contribution is 0.289. The van der Waals surface area contributed by atoms with Crippen LogP contribution in [-0.2, 0) is 13.2 Å². The second kappa shape index (κ2) is 5.34. The van der Waals surface area contributed by atoms with Crippen molar-refractivity contribution in [1.29, 1.82) is 0 Å². The highest BCUT2D eigenvalue weighted by atomic mass is 16.5. The molecule has 0 atom stereocenters. The summed E-state index contributed by atoms with van der Waals surface area (Å²) in [6, 6.07) is 5.96. The van der Waals surface area contributed by atoms with E-state index in [1.54, 1.807) is 0 Å². The van der Waals surface area contributed by atoms with Gasteiger partial charge in [-0.2, -0.15) is 5.10 Å². The minimum atomic E-state index is 0.514. The number of ether oxygens (including phenoxy) is 1. The quantitative estimate of drug-likeness (QED) is 0.859. The smallest absolute Gasteiger partial charge is 0.130 e. The second-order valence-corrected chi connectivity index (χ2v) is 4.81. The van der Waals surface area contributed by atoms with Gasteiger partial charge in [-0.15, -0.1) is 0 Å².